The highest BCUT2D eigenvalue weighted by Crippen LogP contribution is 2.08. The average Bonchev–Trinajstić information content (AvgIpc) is 2.12. The highest BCUT2D eigenvalue weighted by molar-refractivity contribution is 5.31. The molecule has 12 heavy (non-hydrogen) atoms. The van der Waals surface area contributed by atoms with Crippen LogP contribution in [0.2, 0.25) is 0 Å². The van der Waals surface area contributed by atoms with E-state index in [0.717, 1.165) is 6.42 Å². The summed E-state index contributed by atoms with van der Waals surface area (Å²) in [5, 5.41) is 3.40. The van der Waals surface area contributed by atoms with Gasteiger partial charge in [0.1, 0.15) is 0 Å². The lowest BCUT2D eigenvalue weighted by Gasteiger charge is -2.10. The summed E-state index contributed by atoms with van der Waals surface area (Å²) in [5.41, 5.74) is 2.56. The maximum Gasteiger partial charge on any atom is 0.0307 e. The fourth-order valence-corrected chi connectivity index (χ4v) is 1.24. The van der Waals surface area contributed by atoms with E-state index in [2.05, 4.69) is 50.4 Å². The van der Waals surface area contributed by atoms with E-state index < -0.39 is 0 Å². The molecule has 0 saturated heterocycles. The minimum Gasteiger partial charge on any atom is -0.383 e. The molecule has 1 aliphatic rings. The summed E-state index contributed by atoms with van der Waals surface area (Å²) < 4.78 is 0. The molecule has 1 rings (SSSR count). The Bertz CT molecular complexity index is 231. The van der Waals surface area contributed by atoms with Gasteiger partial charge in [0.2, 0.25) is 0 Å². The summed E-state index contributed by atoms with van der Waals surface area (Å²) in [6.07, 6.45) is 9.77. The molecule has 0 heterocycles. The van der Waals surface area contributed by atoms with Crippen LogP contribution in [0.25, 0.3) is 0 Å². The molecule has 0 radical (unpaired) electrons. The minimum absolute atomic E-state index is 0.512. The summed E-state index contributed by atoms with van der Waals surface area (Å²) in [6.45, 7) is 6.43. The van der Waals surface area contributed by atoms with E-state index in [9.17, 15) is 0 Å². The van der Waals surface area contributed by atoms with Gasteiger partial charge < -0.3 is 5.32 Å². The van der Waals surface area contributed by atoms with Crippen molar-refractivity contribution in [2.75, 3.05) is 0 Å². The van der Waals surface area contributed by atoms with E-state index >= 15 is 0 Å². The molecule has 1 aliphatic carbocycles. The second kappa shape index (κ2) is 4.15. The molecule has 0 aliphatic heterocycles. The van der Waals surface area contributed by atoms with Crippen LogP contribution in [0.5, 0.6) is 0 Å². The predicted octanol–water partition coefficient (Wildman–Crippen LogP) is 2.77. The van der Waals surface area contributed by atoms with Crippen molar-refractivity contribution < 1.29 is 0 Å². The smallest absolute Gasteiger partial charge is 0.0307 e. The minimum atomic E-state index is 0.512. The maximum atomic E-state index is 3.40. The summed E-state index contributed by atoms with van der Waals surface area (Å²) in [5.74, 6) is 0. The fourth-order valence-electron chi connectivity index (χ4n) is 1.24. The lowest BCUT2D eigenvalue weighted by Crippen LogP contribution is -2.20. The molecule has 0 unspecified atom stereocenters. The number of hydrogen-bond donors (Lipinski definition) is 1. The van der Waals surface area contributed by atoms with Gasteiger partial charge in [-0.2, -0.15) is 0 Å². The first kappa shape index (κ1) is 9.11. The Morgan fingerprint density at radius 2 is 2.17 bits per heavy atom. The van der Waals surface area contributed by atoms with Crippen molar-refractivity contribution in [2.24, 2.45) is 0 Å². The van der Waals surface area contributed by atoms with Gasteiger partial charge >= 0.3 is 0 Å². The summed E-state index contributed by atoms with van der Waals surface area (Å²) >= 11 is 0. The lowest BCUT2D eigenvalue weighted by molar-refractivity contribution is 0.679. The summed E-state index contributed by atoms with van der Waals surface area (Å²) in [4.78, 5) is 0. The standard InChI is InChI=1S/C11H17N/c1-9(2)12-11-7-5-4-6-10(3)8-11/h4,6-9,12H,5H2,1-3H3. The van der Waals surface area contributed by atoms with Crippen LogP contribution >= 0.6 is 0 Å². The Morgan fingerprint density at radius 1 is 1.42 bits per heavy atom. The van der Waals surface area contributed by atoms with Crippen LogP contribution in [-0.2, 0) is 0 Å². The first-order chi connectivity index (χ1) is 5.68. The van der Waals surface area contributed by atoms with Crippen molar-refractivity contribution in [3.05, 3.63) is 35.6 Å². The molecule has 66 valence electrons. The van der Waals surface area contributed by atoms with Crippen molar-refractivity contribution in [3.8, 4) is 0 Å². The van der Waals surface area contributed by atoms with Crippen LogP contribution in [0.15, 0.2) is 35.6 Å². The van der Waals surface area contributed by atoms with Gasteiger partial charge in [-0.3, -0.25) is 0 Å². The SMILES string of the molecule is CC1=CC(NC(C)C)=CCC=C1. The second-order valence-corrected chi connectivity index (χ2v) is 3.48. The third-order valence-electron chi connectivity index (χ3n) is 1.69. The van der Waals surface area contributed by atoms with Crippen molar-refractivity contribution in [2.45, 2.75) is 33.2 Å². The van der Waals surface area contributed by atoms with Gasteiger partial charge in [-0.1, -0.05) is 18.2 Å². The first-order valence-electron chi connectivity index (χ1n) is 4.50. The topological polar surface area (TPSA) is 12.0 Å². The molecule has 0 atom stereocenters. The first-order valence-corrected chi connectivity index (χ1v) is 4.50. The van der Waals surface area contributed by atoms with Gasteiger partial charge in [-0.25, -0.2) is 0 Å². The largest absolute Gasteiger partial charge is 0.383 e. The summed E-state index contributed by atoms with van der Waals surface area (Å²) in [7, 11) is 0. The molecule has 0 saturated carbocycles. The van der Waals surface area contributed by atoms with Gasteiger partial charge in [-0.05, 0) is 38.8 Å². The molecule has 0 spiro atoms. The van der Waals surface area contributed by atoms with E-state index in [4.69, 9.17) is 0 Å². The Balaban J connectivity index is 2.65. The molecular weight excluding hydrogens is 146 g/mol. The molecule has 1 N–H and O–H groups in total. The molecule has 1 nitrogen and oxygen atoms in total. The van der Waals surface area contributed by atoms with Crippen LogP contribution in [0.4, 0.5) is 0 Å². The Labute approximate surface area is 74.9 Å². The van der Waals surface area contributed by atoms with Crippen molar-refractivity contribution in [1.29, 1.82) is 0 Å². The summed E-state index contributed by atoms with van der Waals surface area (Å²) in [6, 6.07) is 0.512. The predicted molar refractivity (Wildman–Crippen MR) is 53.9 cm³/mol. The van der Waals surface area contributed by atoms with Gasteiger partial charge in [0.25, 0.3) is 0 Å². The van der Waals surface area contributed by atoms with Gasteiger partial charge in [-0.15, -0.1) is 0 Å². The monoisotopic (exact) mass is 163 g/mol. The highest BCUT2D eigenvalue weighted by Gasteiger charge is 1.97. The van der Waals surface area contributed by atoms with Gasteiger partial charge in [0, 0.05) is 11.7 Å². The number of hydrogen-bond acceptors (Lipinski definition) is 1. The highest BCUT2D eigenvalue weighted by atomic mass is 14.9. The molecule has 1 heteroatoms. The molecule has 0 aromatic rings. The van der Waals surface area contributed by atoms with Crippen LogP contribution in [0, 0.1) is 0 Å². The zero-order chi connectivity index (χ0) is 8.97. The van der Waals surface area contributed by atoms with Crippen LogP contribution in [0.1, 0.15) is 27.2 Å². The Hall–Kier alpha value is -0.980. The van der Waals surface area contributed by atoms with E-state index in [1.54, 1.807) is 0 Å². The fraction of sp³-hybridized carbons (Fsp3) is 0.455. The molecule has 0 bridgehead atoms. The van der Waals surface area contributed by atoms with Crippen molar-refractivity contribution >= 4 is 0 Å². The van der Waals surface area contributed by atoms with E-state index in [-0.39, 0.29) is 0 Å². The zero-order valence-corrected chi connectivity index (χ0v) is 8.09. The average molecular weight is 163 g/mol. The van der Waals surface area contributed by atoms with Crippen molar-refractivity contribution in [3.63, 3.8) is 0 Å². The Morgan fingerprint density at radius 3 is 2.83 bits per heavy atom. The van der Waals surface area contributed by atoms with Crippen LogP contribution < -0.4 is 5.32 Å². The third kappa shape index (κ3) is 2.95. The van der Waals surface area contributed by atoms with Crippen molar-refractivity contribution in [1.82, 2.24) is 5.32 Å². The zero-order valence-electron chi connectivity index (χ0n) is 8.09. The molecule has 0 amide bonds. The van der Waals surface area contributed by atoms with Gasteiger partial charge in [0.15, 0.2) is 0 Å². The van der Waals surface area contributed by atoms with Crippen LogP contribution in [0.3, 0.4) is 0 Å². The molecule has 0 aromatic heterocycles. The second-order valence-electron chi connectivity index (χ2n) is 3.48. The van der Waals surface area contributed by atoms with E-state index in [0.29, 0.717) is 6.04 Å². The maximum absolute atomic E-state index is 3.40. The number of rotatable bonds is 2. The lowest BCUT2D eigenvalue weighted by atomic mass is 10.2. The third-order valence-corrected chi connectivity index (χ3v) is 1.69. The molecule has 0 aromatic carbocycles. The molecule has 0 fully saturated rings. The number of allylic oxidation sites excluding steroid dienone is 5. The Kier molecular flexibility index (Phi) is 3.15. The molecular formula is C11H17N. The van der Waals surface area contributed by atoms with E-state index in [1.807, 2.05) is 0 Å². The number of nitrogens with one attached hydrogen (secondary N) is 1. The van der Waals surface area contributed by atoms with Gasteiger partial charge in [0.05, 0.1) is 0 Å². The van der Waals surface area contributed by atoms with E-state index in [1.165, 1.54) is 11.3 Å². The quantitative estimate of drug-likeness (QED) is 0.660. The van der Waals surface area contributed by atoms with Crippen LogP contribution in [-0.4, -0.2) is 6.04 Å². The normalized spacial score (nSPS) is 17.0.